The number of methoxy groups -OCH3 is 1. The van der Waals surface area contributed by atoms with Crippen LogP contribution in [0.1, 0.15) is 46.6 Å². The van der Waals surface area contributed by atoms with Gasteiger partial charge in [0.1, 0.15) is 12.5 Å². The van der Waals surface area contributed by atoms with Gasteiger partial charge < -0.3 is 23.5 Å². The van der Waals surface area contributed by atoms with Gasteiger partial charge >= 0.3 is 13.2 Å². The third kappa shape index (κ3) is 6.41. The zero-order valence-electron chi connectivity index (χ0n) is 24.6. The molecular formula is C27H42BFN2O6SSi. The first-order valence-corrected chi connectivity index (χ1v) is 18.0. The van der Waals surface area contributed by atoms with Crippen molar-refractivity contribution in [2.75, 3.05) is 27.1 Å². The highest BCUT2D eigenvalue weighted by atomic mass is 32.2. The van der Waals surface area contributed by atoms with Gasteiger partial charge in [-0.05, 0) is 58.6 Å². The number of carbonyl (C=O) groups is 1. The zero-order chi connectivity index (χ0) is 28.9. The van der Waals surface area contributed by atoms with E-state index < -0.39 is 38.0 Å². The summed E-state index contributed by atoms with van der Waals surface area (Å²) >= 11 is 1.37. The summed E-state index contributed by atoms with van der Waals surface area (Å²) in [7, 11) is -0.216. The van der Waals surface area contributed by atoms with E-state index in [4.69, 9.17) is 28.5 Å². The van der Waals surface area contributed by atoms with Gasteiger partial charge in [0.2, 0.25) is 0 Å². The smallest absolute Gasteiger partial charge is 0.399 e. The number of fused-ring (bicyclic) bond motifs is 1. The van der Waals surface area contributed by atoms with Crippen LogP contribution in [0.4, 0.5) is 9.18 Å². The van der Waals surface area contributed by atoms with Crippen LogP contribution in [0.15, 0.2) is 23.2 Å². The van der Waals surface area contributed by atoms with Crippen molar-refractivity contribution in [3.8, 4) is 0 Å². The maximum absolute atomic E-state index is 15.5. The van der Waals surface area contributed by atoms with Crippen LogP contribution >= 0.6 is 11.8 Å². The van der Waals surface area contributed by atoms with Gasteiger partial charge in [0.25, 0.3) is 5.23 Å². The molecule has 8 nitrogen and oxygen atoms in total. The lowest BCUT2D eigenvalue weighted by Crippen LogP contribution is -2.41. The molecule has 1 aromatic carbocycles. The Hall–Kier alpha value is -1.44. The number of aliphatic imine (C=N–C) groups is 1. The Kier molecular flexibility index (Phi) is 8.42. The Morgan fingerprint density at radius 2 is 1.87 bits per heavy atom. The number of thioether (sulfide) groups is 1. The standard InChI is InChI=1S/C27H42BFN2O6SSi/c1-24(2)25(3,4)37-28(36-24)18-10-11-20(29)19(14-18)26(5)21-15-27(21,16-33-6)38-23(31-26)35-22(32)30-17-34-12-13-39(7,8)9/h10-11,14,21H,12-13,15-17H2,1-9H3,(H,30,32)/t21-,26+,27+/m0/s1. The molecule has 1 saturated carbocycles. The van der Waals surface area contributed by atoms with Crippen LogP contribution in [-0.2, 0) is 29.1 Å². The summed E-state index contributed by atoms with van der Waals surface area (Å²) in [6.45, 7) is 17.7. The number of carbonyl (C=O) groups excluding carboxylic acids is 1. The Balaban J connectivity index is 1.54. The fourth-order valence-corrected chi connectivity index (χ4v) is 7.29. The predicted octanol–water partition coefficient (Wildman–Crippen LogP) is 4.89. The van der Waals surface area contributed by atoms with Gasteiger partial charge in [-0.25, -0.2) is 14.2 Å². The highest BCUT2D eigenvalue weighted by Gasteiger charge is 2.67. The Bertz CT molecular complexity index is 1120. The molecule has 4 rings (SSSR count). The molecule has 0 unspecified atom stereocenters. The first-order chi connectivity index (χ1) is 18.0. The number of nitrogens with one attached hydrogen (secondary N) is 1. The summed E-state index contributed by atoms with van der Waals surface area (Å²) < 4.78 is 44.3. The molecule has 1 saturated heterocycles. The molecule has 1 amide bonds. The van der Waals surface area contributed by atoms with Crippen LogP contribution < -0.4 is 10.8 Å². The molecule has 0 spiro atoms. The maximum Gasteiger partial charge on any atom is 0.494 e. The van der Waals surface area contributed by atoms with Gasteiger partial charge in [-0.15, -0.1) is 0 Å². The molecule has 1 N–H and O–H groups in total. The molecule has 39 heavy (non-hydrogen) atoms. The van der Waals surface area contributed by atoms with Gasteiger partial charge in [-0.3, -0.25) is 5.32 Å². The molecule has 2 aliphatic heterocycles. The summed E-state index contributed by atoms with van der Waals surface area (Å²) in [4.78, 5) is 17.4. The number of ether oxygens (including phenoxy) is 3. The third-order valence-electron chi connectivity index (χ3n) is 8.26. The number of benzene rings is 1. The Morgan fingerprint density at radius 1 is 1.21 bits per heavy atom. The van der Waals surface area contributed by atoms with E-state index in [2.05, 4.69) is 25.0 Å². The van der Waals surface area contributed by atoms with E-state index in [1.165, 1.54) is 17.8 Å². The van der Waals surface area contributed by atoms with Crippen LogP contribution in [0.3, 0.4) is 0 Å². The molecule has 12 heteroatoms. The molecule has 0 aromatic heterocycles. The third-order valence-corrected chi connectivity index (χ3v) is 11.3. The number of nitrogens with zero attached hydrogens (tertiary/aromatic N) is 1. The molecule has 0 bridgehead atoms. The fraction of sp³-hybridized carbons (Fsp3) is 0.704. The van der Waals surface area contributed by atoms with Crippen LogP contribution in [0.25, 0.3) is 0 Å². The molecule has 2 fully saturated rings. The largest absolute Gasteiger partial charge is 0.494 e. The van der Waals surface area contributed by atoms with Crippen LogP contribution in [0.5, 0.6) is 0 Å². The monoisotopic (exact) mass is 580 g/mol. The highest BCUT2D eigenvalue weighted by molar-refractivity contribution is 8.15. The second-order valence-corrected chi connectivity index (χ2v) is 20.1. The second kappa shape index (κ2) is 10.8. The lowest BCUT2D eigenvalue weighted by atomic mass is 9.75. The number of rotatable bonds is 9. The minimum absolute atomic E-state index is 0.00157. The average molecular weight is 581 g/mol. The summed E-state index contributed by atoms with van der Waals surface area (Å²) in [6.07, 6.45) is 0.0923. The SMILES string of the molecule is COC[C@]12C[C@H]1[C@@](C)(c1cc(B3OC(C)(C)C(C)(C)O3)ccc1F)N=C(OC(=O)NCOCC[Si](C)(C)C)S2. The zero-order valence-corrected chi connectivity index (χ0v) is 26.4. The lowest BCUT2D eigenvalue weighted by Gasteiger charge is -2.34. The van der Waals surface area contributed by atoms with Crippen LogP contribution in [0.2, 0.25) is 25.7 Å². The normalized spacial score (nSPS) is 29.0. The molecule has 3 aliphatic rings. The van der Waals surface area contributed by atoms with Crippen molar-refractivity contribution < 1.29 is 32.7 Å². The summed E-state index contributed by atoms with van der Waals surface area (Å²) in [5.74, 6) is -0.385. The van der Waals surface area contributed by atoms with Crippen molar-refractivity contribution in [1.82, 2.24) is 5.32 Å². The fourth-order valence-electron chi connectivity index (χ4n) is 5.03. The molecule has 1 aromatic rings. The topological polar surface area (TPSA) is 87.6 Å². The van der Waals surface area contributed by atoms with E-state index in [0.29, 0.717) is 24.2 Å². The number of hydrogen-bond acceptors (Lipinski definition) is 8. The van der Waals surface area contributed by atoms with E-state index in [9.17, 15) is 4.79 Å². The summed E-state index contributed by atoms with van der Waals surface area (Å²) in [5.41, 5.74) is -0.890. The van der Waals surface area contributed by atoms with Gasteiger partial charge in [-0.1, -0.05) is 43.5 Å². The highest BCUT2D eigenvalue weighted by Crippen LogP contribution is 2.66. The van der Waals surface area contributed by atoms with Gasteiger partial charge in [-0.2, -0.15) is 0 Å². The Morgan fingerprint density at radius 3 is 2.49 bits per heavy atom. The van der Waals surface area contributed by atoms with E-state index in [0.717, 1.165) is 12.5 Å². The van der Waals surface area contributed by atoms with Crippen molar-refractivity contribution in [2.24, 2.45) is 10.9 Å². The van der Waals surface area contributed by atoms with Crippen molar-refractivity contribution >= 4 is 43.7 Å². The van der Waals surface area contributed by atoms with E-state index in [-0.39, 0.29) is 28.4 Å². The minimum Gasteiger partial charge on any atom is -0.399 e. The van der Waals surface area contributed by atoms with Crippen molar-refractivity contribution in [3.05, 3.63) is 29.6 Å². The number of alkyl carbamates (subject to hydrolysis) is 1. The van der Waals surface area contributed by atoms with Gasteiger partial charge in [0.15, 0.2) is 0 Å². The van der Waals surface area contributed by atoms with Crippen molar-refractivity contribution in [3.63, 3.8) is 0 Å². The quantitative estimate of drug-likeness (QED) is 0.253. The molecule has 0 radical (unpaired) electrons. The number of hydrogen-bond donors (Lipinski definition) is 1. The predicted molar refractivity (Wildman–Crippen MR) is 156 cm³/mol. The second-order valence-electron chi connectivity index (χ2n) is 13.1. The first kappa shape index (κ1) is 30.5. The minimum atomic E-state index is -1.22. The van der Waals surface area contributed by atoms with E-state index in [1.54, 1.807) is 19.2 Å². The van der Waals surface area contributed by atoms with Crippen LogP contribution in [-0.4, -0.2) is 69.5 Å². The first-order valence-electron chi connectivity index (χ1n) is 13.5. The molecular weight excluding hydrogens is 538 g/mol. The number of halogens is 1. The van der Waals surface area contributed by atoms with Crippen LogP contribution in [0, 0.1) is 11.7 Å². The van der Waals surface area contributed by atoms with E-state index in [1.807, 2.05) is 34.6 Å². The summed E-state index contributed by atoms with van der Waals surface area (Å²) in [5, 5.41) is 2.81. The molecule has 3 atom stereocenters. The maximum atomic E-state index is 15.5. The molecule has 216 valence electrons. The van der Waals surface area contributed by atoms with Crippen molar-refractivity contribution in [2.45, 2.75) is 88.2 Å². The van der Waals surface area contributed by atoms with Crippen molar-refractivity contribution in [1.29, 1.82) is 0 Å². The lowest BCUT2D eigenvalue weighted by molar-refractivity contribution is 0.00578. The number of amides is 1. The van der Waals surface area contributed by atoms with Gasteiger partial charge in [0.05, 0.1) is 28.1 Å². The molecule has 2 heterocycles. The van der Waals surface area contributed by atoms with Gasteiger partial charge in [0, 0.05) is 33.3 Å². The van der Waals surface area contributed by atoms with E-state index >= 15 is 4.39 Å². The summed E-state index contributed by atoms with van der Waals surface area (Å²) in [6, 6.07) is 5.90. The average Bonchev–Trinajstić information content (AvgIpc) is 3.47. The molecule has 1 aliphatic carbocycles. The Labute approximate surface area is 237 Å².